The topological polar surface area (TPSA) is 26.5 Å². The summed E-state index contributed by atoms with van der Waals surface area (Å²) in [6.07, 6.45) is 13.2. The van der Waals surface area contributed by atoms with Gasteiger partial charge in [-0.3, -0.25) is 8.63 Å². The van der Waals surface area contributed by atoms with Crippen LogP contribution in [0, 0.1) is 10.5 Å². The maximum atomic E-state index is 14.9. The average molecular weight is 682 g/mol. The van der Waals surface area contributed by atoms with Gasteiger partial charge in [-0.15, -0.1) is 0 Å². The molecule has 1 aliphatic rings. The molecular formula is C36H30BF2IN2O. The molecule has 3 nitrogen and oxygen atoms in total. The van der Waals surface area contributed by atoms with Crippen LogP contribution >= 0.6 is 22.6 Å². The summed E-state index contributed by atoms with van der Waals surface area (Å²) < 4.78 is 37.1. The molecule has 0 spiro atoms. The van der Waals surface area contributed by atoms with E-state index in [1.165, 1.54) is 0 Å². The van der Waals surface area contributed by atoms with E-state index in [9.17, 15) is 8.63 Å². The molecule has 43 heavy (non-hydrogen) atoms. The molecule has 0 unspecified atom stereocenters. The fourth-order valence-corrected chi connectivity index (χ4v) is 5.36. The standard InChI is InChI=1S/C36H30BF2IN2O/c1-25-23-31(20-13-28-14-21-33(43-3)22-15-28)41-35(25)34(29-16-18-30(40)19-17-29)36-26(2)24-32(42(36)37(38)39)12-8-7-11-27-9-5-4-6-10-27/h4-24H,1-3H3/b11-7+,12-8+,20-13+,35-34-. The number of halogens is 3. The summed E-state index contributed by atoms with van der Waals surface area (Å²) in [4.78, 5) is 4.96. The number of allylic oxidation sites excluding steroid dienone is 5. The van der Waals surface area contributed by atoms with Gasteiger partial charge in [-0.25, -0.2) is 4.99 Å². The number of nitrogens with zero attached hydrogens (tertiary/aromatic N) is 2. The molecule has 0 saturated carbocycles. The van der Waals surface area contributed by atoms with Crippen LogP contribution in [0.4, 0.5) is 8.63 Å². The second-order valence-electron chi connectivity index (χ2n) is 10.1. The molecule has 2 heterocycles. The van der Waals surface area contributed by atoms with Crippen molar-refractivity contribution in [3.05, 3.63) is 158 Å². The number of aryl methyl sites for hydroxylation is 1. The highest BCUT2D eigenvalue weighted by atomic mass is 127. The molecule has 0 fully saturated rings. The number of hydrogen-bond acceptors (Lipinski definition) is 2. The molecule has 0 saturated heterocycles. The number of ether oxygens (including phenoxy) is 1. The van der Waals surface area contributed by atoms with Crippen LogP contribution in [0.25, 0.3) is 23.8 Å². The fourth-order valence-electron chi connectivity index (χ4n) is 5.00. The summed E-state index contributed by atoms with van der Waals surface area (Å²) in [5.74, 6) is 0.789. The molecule has 7 heteroatoms. The normalized spacial score (nSPS) is 14.6. The highest BCUT2D eigenvalue weighted by Crippen LogP contribution is 2.37. The minimum Gasteiger partial charge on any atom is -0.497 e. The quantitative estimate of drug-likeness (QED) is 0.0982. The van der Waals surface area contributed by atoms with Gasteiger partial charge in [0.1, 0.15) is 5.75 Å². The van der Waals surface area contributed by atoms with Gasteiger partial charge in [0.15, 0.2) is 0 Å². The fraction of sp³-hybridized carbons (Fsp3) is 0.0833. The van der Waals surface area contributed by atoms with Gasteiger partial charge in [-0.2, -0.15) is 0 Å². The van der Waals surface area contributed by atoms with E-state index in [0.29, 0.717) is 22.7 Å². The van der Waals surface area contributed by atoms with E-state index in [1.807, 2.05) is 129 Å². The van der Waals surface area contributed by atoms with Gasteiger partial charge >= 0.3 is 7.40 Å². The minimum atomic E-state index is -2.75. The summed E-state index contributed by atoms with van der Waals surface area (Å²) in [7, 11) is -1.11. The van der Waals surface area contributed by atoms with E-state index < -0.39 is 7.40 Å². The van der Waals surface area contributed by atoms with Gasteiger partial charge in [0.25, 0.3) is 0 Å². The first-order valence-corrected chi connectivity index (χ1v) is 14.9. The molecular weight excluding hydrogens is 652 g/mol. The van der Waals surface area contributed by atoms with Gasteiger partial charge in [0, 0.05) is 20.5 Å². The first kappa shape index (κ1) is 30.2. The van der Waals surface area contributed by atoms with Crippen LogP contribution in [-0.4, -0.2) is 24.7 Å². The number of benzene rings is 3. The molecule has 0 N–H and O–H groups in total. The Labute approximate surface area is 265 Å². The summed E-state index contributed by atoms with van der Waals surface area (Å²) in [5.41, 5.74) is 7.52. The Morgan fingerprint density at radius 2 is 1.51 bits per heavy atom. The zero-order chi connectivity index (χ0) is 30.3. The van der Waals surface area contributed by atoms with Crippen molar-refractivity contribution in [1.29, 1.82) is 0 Å². The van der Waals surface area contributed by atoms with E-state index in [2.05, 4.69) is 22.6 Å². The van der Waals surface area contributed by atoms with E-state index in [0.717, 1.165) is 47.3 Å². The SMILES string of the molecule is COc1ccc(/C=C/C2=NC(=C(/c3ccc(I)cc3)c3c(C)cc(/C=C/C=C/c4ccccc4)n3B(F)F)/C(C)=C2)cc1. The summed E-state index contributed by atoms with van der Waals surface area (Å²) in [5, 5.41) is 0. The Hall–Kier alpha value is -4.24. The number of aliphatic imine (C=N–C) groups is 1. The Kier molecular flexibility index (Phi) is 9.72. The van der Waals surface area contributed by atoms with Gasteiger partial charge < -0.3 is 9.21 Å². The van der Waals surface area contributed by atoms with Gasteiger partial charge in [0.05, 0.1) is 18.5 Å². The van der Waals surface area contributed by atoms with Crippen LogP contribution in [0.1, 0.15) is 40.6 Å². The van der Waals surface area contributed by atoms with Gasteiger partial charge in [-0.05, 0) is 113 Å². The van der Waals surface area contributed by atoms with Crippen LogP contribution < -0.4 is 4.74 Å². The van der Waals surface area contributed by atoms with Crippen molar-refractivity contribution in [2.75, 3.05) is 7.11 Å². The Balaban J connectivity index is 1.59. The van der Waals surface area contributed by atoms with Gasteiger partial charge in [-0.1, -0.05) is 78.9 Å². The third-order valence-corrected chi connectivity index (χ3v) is 7.79. The molecule has 0 radical (unpaired) electrons. The zero-order valence-electron chi connectivity index (χ0n) is 24.1. The lowest BCUT2D eigenvalue weighted by Crippen LogP contribution is -2.18. The molecule has 3 aromatic carbocycles. The second-order valence-corrected chi connectivity index (χ2v) is 11.3. The monoisotopic (exact) mass is 682 g/mol. The van der Waals surface area contributed by atoms with Gasteiger partial charge in [0.2, 0.25) is 0 Å². The summed E-state index contributed by atoms with van der Waals surface area (Å²) in [6, 6.07) is 27.3. The average Bonchev–Trinajstić information content (AvgIpc) is 3.55. The molecule has 5 rings (SSSR count). The van der Waals surface area contributed by atoms with Crippen molar-refractivity contribution in [2.45, 2.75) is 13.8 Å². The van der Waals surface area contributed by atoms with Crippen molar-refractivity contribution in [3.8, 4) is 5.75 Å². The summed E-state index contributed by atoms with van der Waals surface area (Å²) in [6.45, 7) is 3.85. The second kappa shape index (κ2) is 13.8. The minimum absolute atomic E-state index is 0.423. The van der Waals surface area contributed by atoms with Crippen LogP contribution in [0.2, 0.25) is 0 Å². The number of hydrogen-bond donors (Lipinski definition) is 0. The highest BCUT2D eigenvalue weighted by Gasteiger charge is 2.29. The molecule has 4 aromatic rings. The Bertz CT molecular complexity index is 1780. The molecule has 0 atom stereocenters. The molecule has 0 bridgehead atoms. The van der Waals surface area contributed by atoms with E-state index in [1.54, 1.807) is 19.3 Å². The molecule has 1 aliphatic heterocycles. The Morgan fingerprint density at radius 3 is 2.19 bits per heavy atom. The maximum Gasteiger partial charge on any atom is 0.678 e. The van der Waals surface area contributed by atoms with E-state index in [-0.39, 0.29) is 0 Å². The largest absolute Gasteiger partial charge is 0.678 e. The lowest BCUT2D eigenvalue weighted by atomic mass is 9.95. The smallest absolute Gasteiger partial charge is 0.497 e. The zero-order valence-corrected chi connectivity index (χ0v) is 26.3. The van der Waals surface area contributed by atoms with E-state index >= 15 is 0 Å². The predicted octanol–water partition coefficient (Wildman–Crippen LogP) is 9.78. The Morgan fingerprint density at radius 1 is 0.837 bits per heavy atom. The third-order valence-electron chi connectivity index (χ3n) is 7.07. The highest BCUT2D eigenvalue weighted by molar-refractivity contribution is 14.1. The molecule has 0 aliphatic carbocycles. The van der Waals surface area contributed by atoms with Crippen LogP contribution in [0.15, 0.2) is 125 Å². The van der Waals surface area contributed by atoms with Crippen molar-refractivity contribution >= 4 is 59.5 Å². The first-order chi connectivity index (χ1) is 20.8. The van der Waals surface area contributed by atoms with Crippen molar-refractivity contribution < 1.29 is 13.4 Å². The maximum absolute atomic E-state index is 14.9. The van der Waals surface area contributed by atoms with E-state index in [4.69, 9.17) is 9.73 Å². The van der Waals surface area contributed by atoms with Crippen molar-refractivity contribution in [2.24, 2.45) is 4.99 Å². The molecule has 0 amide bonds. The number of rotatable bonds is 9. The van der Waals surface area contributed by atoms with Crippen LogP contribution in [0.5, 0.6) is 5.75 Å². The number of methoxy groups -OCH3 is 1. The lowest BCUT2D eigenvalue weighted by molar-refractivity contribution is 0.415. The van der Waals surface area contributed by atoms with Crippen molar-refractivity contribution in [1.82, 2.24) is 4.48 Å². The molecule has 1 aromatic heterocycles. The number of aromatic nitrogens is 1. The molecule has 214 valence electrons. The van der Waals surface area contributed by atoms with Crippen LogP contribution in [-0.2, 0) is 0 Å². The predicted molar refractivity (Wildman–Crippen MR) is 185 cm³/mol. The van der Waals surface area contributed by atoms with Crippen LogP contribution in [0.3, 0.4) is 0 Å². The lowest BCUT2D eigenvalue weighted by Gasteiger charge is -2.17. The summed E-state index contributed by atoms with van der Waals surface area (Å²) >= 11 is 2.25. The first-order valence-electron chi connectivity index (χ1n) is 13.8. The third kappa shape index (κ3) is 7.23. The van der Waals surface area contributed by atoms with Crippen molar-refractivity contribution in [3.63, 3.8) is 0 Å².